The van der Waals surface area contributed by atoms with Crippen LogP contribution in [0.5, 0.6) is 5.75 Å². The zero-order chi connectivity index (χ0) is 19.2. The van der Waals surface area contributed by atoms with Crippen molar-refractivity contribution in [2.24, 2.45) is 0 Å². The molecule has 0 atom stereocenters. The minimum absolute atomic E-state index is 0.106. The van der Waals surface area contributed by atoms with Gasteiger partial charge < -0.3 is 14.5 Å². The maximum absolute atomic E-state index is 12.1. The summed E-state index contributed by atoms with van der Waals surface area (Å²) in [6, 6.07) is 12.7. The topological polar surface area (TPSA) is 64.4 Å². The maximum atomic E-state index is 12.1. The van der Waals surface area contributed by atoms with Gasteiger partial charge in [0.25, 0.3) is 0 Å². The number of nitrogens with zero attached hydrogens (tertiary/aromatic N) is 1. The van der Waals surface area contributed by atoms with Crippen molar-refractivity contribution in [3.05, 3.63) is 70.2 Å². The quantitative estimate of drug-likeness (QED) is 0.607. The molecule has 1 amide bonds. The Morgan fingerprint density at radius 1 is 1.19 bits per heavy atom. The lowest BCUT2D eigenvalue weighted by atomic mass is 10.2. The molecule has 0 saturated heterocycles. The van der Waals surface area contributed by atoms with Crippen LogP contribution in [0.1, 0.15) is 17.9 Å². The van der Waals surface area contributed by atoms with Gasteiger partial charge in [-0.25, -0.2) is 4.98 Å². The molecule has 7 heteroatoms. The van der Waals surface area contributed by atoms with E-state index in [1.807, 2.05) is 24.3 Å². The smallest absolute Gasteiger partial charge is 0.220 e. The van der Waals surface area contributed by atoms with Crippen LogP contribution >= 0.6 is 23.2 Å². The summed E-state index contributed by atoms with van der Waals surface area (Å²) in [7, 11) is 1.62. The highest BCUT2D eigenvalue weighted by Gasteiger charge is 2.10. The molecule has 3 rings (SSSR count). The van der Waals surface area contributed by atoms with Crippen molar-refractivity contribution in [2.45, 2.75) is 19.4 Å². The fourth-order valence-electron chi connectivity index (χ4n) is 2.48. The van der Waals surface area contributed by atoms with Gasteiger partial charge >= 0.3 is 0 Å². The van der Waals surface area contributed by atoms with E-state index in [4.69, 9.17) is 32.4 Å². The fraction of sp³-hybridized carbons (Fsp3) is 0.200. The van der Waals surface area contributed by atoms with Gasteiger partial charge in [-0.05, 0) is 42.0 Å². The Morgan fingerprint density at radius 2 is 1.96 bits per heavy atom. The molecule has 0 unspecified atom stereocenters. The molecule has 0 aliphatic heterocycles. The molecule has 0 spiro atoms. The van der Waals surface area contributed by atoms with Gasteiger partial charge in [0.05, 0.1) is 13.3 Å². The molecule has 0 saturated carbocycles. The fourth-order valence-corrected chi connectivity index (χ4v) is 2.96. The van der Waals surface area contributed by atoms with E-state index >= 15 is 0 Å². The van der Waals surface area contributed by atoms with E-state index in [0.29, 0.717) is 34.7 Å². The molecule has 0 fully saturated rings. The molecule has 1 heterocycles. The first-order chi connectivity index (χ1) is 13.0. The summed E-state index contributed by atoms with van der Waals surface area (Å²) in [4.78, 5) is 16.3. The molecule has 0 bridgehead atoms. The molecule has 5 nitrogen and oxygen atoms in total. The highest BCUT2D eigenvalue weighted by atomic mass is 35.5. The van der Waals surface area contributed by atoms with Crippen LogP contribution in [0, 0.1) is 0 Å². The number of oxazole rings is 1. The van der Waals surface area contributed by atoms with Crippen LogP contribution in [0.4, 0.5) is 0 Å². The number of nitrogens with one attached hydrogen (secondary N) is 1. The zero-order valence-electron chi connectivity index (χ0n) is 14.7. The van der Waals surface area contributed by atoms with Crippen molar-refractivity contribution in [3.63, 3.8) is 0 Å². The molecule has 140 valence electrons. The predicted octanol–water partition coefficient (Wildman–Crippen LogP) is 4.91. The summed E-state index contributed by atoms with van der Waals surface area (Å²) in [5, 5.41) is 3.92. The molecule has 1 N–H and O–H groups in total. The average molecular weight is 405 g/mol. The van der Waals surface area contributed by atoms with Crippen LogP contribution in [0.25, 0.3) is 11.3 Å². The Balaban J connectivity index is 1.51. The molecule has 27 heavy (non-hydrogen) atoms. The Hall–Kier alpha value is -2.50. The van der Waals surface area contributed by atoms with Crippen LogP contribution in [0.2, 0.25) is 10.0 Å². The predicted molar refractivity (Wildman–Crippen MR) is 105 cm³/mol. The highest BCUT2D eigenvalue weighted by Crippen LogP contribution is 2.23. The van der Waals surface area contributed by atoms with Crippen molar-refractivity contribution in [1.29, 1.82) is 0 Å². The van der Waals surface area contributed by atoms with E-state index < -0.39 is 0 Å². The van der Waals surface area contributed by atoms with Crippen molar-refractivity contribution >= 4 is 29.1 Å². The minimum atomic E-state index is -0.106. The highest BCUT2D eigenvalue weighted by molar-refractivity contribution is 6.35. The Morgan fingerprint density at radius 3 is 2.67 bits per heavy atom. The summed E-state index contributed by atoms with van der Waals surface area (Å²) in [6.07, 6.45) is 2.34. The van der Waals surface area contributed by atoms with Gasteiger partial charge in [-0.1, -0.05) is 29.3 Å². The normalized spacial score (nSPS) is 10.6. The van der Waals surface area contributed by atoms with E-state index in [9.17, 15) is 4.79 Å². The van der Waals surface area contributed by atoms with Gasteiger partial charge in [0.1, 0.15) is 5.75 Å². The van der Waals surface area contributed by atoms with Crippen LogP contribution in [0.3, 0.4) is 0 Å². The van der Waals surface area contributed by atoms with E-state index in [1.54, 1.807) is 31.5 Å². The van der Waals surface area contributed by atoms with Gasteiger partial charge in [0.15, 0.2) is 11.7 Å². The number of aromatic nitrogens is 1. The maximum Gasteiger partial charge on any atom is 0.220 e. The molecule has 0 aliphatic rings. The van der Waals surface area contributed by atoms with Crippen LogP contribution in [-0.4, -0.2) is 18.0 Å². The lowest BCUT2D eigenvalue weighted by Crippen LogP contribution is -2.23. The van der Waals surface area contributed by atoms with Gasteiger partial charge in [0, 0.05) is 35.0 Å². The molecule has 0 aliphatic carbocycles. The third-order valence-electron chi connectivity index (χ3n) is 3.99. The lowest BCUT2D eigenvalue weighted by molar-refractivity contribution is -0.121. The largest absolute Gasteiger partial charge is 0.497 e. The number of hydrogen-bond donors (Lipinski definition) is 1. The number of halogens is 2. The van der Waals surface area contributed by atoms with E-state index in [1.165, 1.54) is 0 Å². The lowest BCUT2D eigenvalue weighted by Gasteiger charge is -2.07. The number of amides is 1. The number of hydrogen-bond acceptors (Lipinski definition) is 4. The zero-order valence-corrected chi connectivity index (χ0v) is 16.2. The van der Waals surface area contributed by atoms with Gasteiger partial charge in [0.2, 0.25) is 5.91 Å². The number of ether oxygens (including phenoxy) is 1. The number of methoxy groups -OCH3 is 1. The summed E-state index contributed by atoms with van der Waals surface area (Å²) in [5.41, 5.74) is 1.71. The molecule has 1 aromatic heterocycles. The number of carbonyl (C=O) groups is 1. The van der Waals surface area contributed by atoms with Crippen molar-refractivity contribution in [1.82, 2.24) is 10.3 Å². The summed E-state index contributed by atoms with van der Waals surface area (Å²) < 4.78 is 10.9. The van der Waals surface area contributed by atoms with Crippen LogP contribution in [-0.2, 0) is 17.8 Å². The molecule has 3 aromatic rings. The Labute approximate surface area is 167 Å². The molecule has 0 radical (unpaired) electrons. The monoisotopic (exact) mass is 404 g/mol. The number of aryl methyl sites for hydroxylation is 1. The summed E-state index contributed by atoms with van der Waals surface area (Å²) in [6.45, 7) is 0.345. The van der Waals surface area contributed by atoms with E-state index in [2.05, 4.69) is 10.3 Å². The van der Waals surface area contributed by atoms with Crippen molar-refractivity contribution < 1.29 is 13.9 Å². The minimum Gasteiger partial charge on any atom is -0.497 e. The van der Waals surface area contributed by atoms with E-state index in [-0.39, 0.29) is 12.3 Å². The standard InChI is InChI=1S/C20H18Cl2N2O3/c1-26-16-6-3-13(4-7-16)18-12-24-20(27-18)9-8-19(25)23-11-14-2-5-15(21)10-17(14)22/h2-7,10,12H,8-9,11H2,1H3,(H,23,25). The second-order valence-corrected chi connectivity index (χ2v) is 6.70. The van der Waals surface area contributed by atoms with Gasteiger partial charge in [-0.2, -0.15) is 0 Å². The Bertz CT molecular complexity index is 923. The SMILES string of the molecule is COc1ccc(-c2cnc(CCC(=O)NCc3ccc(Cl)cc3Cl)o2)cc1. The van der Waals surface area contributed by atoms with Crippen molar-refractivity contribution in [2.75, 3.05) is 7.11 Å². The second kappa shape index (κ2) is 8.93. The number of rotatable bonds is 7. The third kappa shape index (κ3) is 5.25. The van der Waals surface area contributed by atoms with Crippen LogP contribution < -0.4 is 10.1 Å². The second-order valence-electron chi connectivity index (χ2n) is 5.86. The number of benzene rings is 2. The average Bonchev–Trinajstić information content (AvgIpc) is 3.15. The number of carbonyl (C=O) groups excluding carboxylic acids is 1. The molecular formula is C20H18Cl2N2O3. The van der Waals surface area contributed by atoms with E-state index in [0.717, 1.165) is 16.9 Å². The van der Waals surface area contributed by atoms with Gasteiger partial charge in [-0.3, -0.25) is 4.79 Å². The molecular weight excluding hydrogens is 387 g/mol. The summed E-state index contributed by atoms with van der Waals surface area (Å²) >= 11 is 12.0. The first kappa shape index (κ1) is 19.3. The first-order valence-electron chi connectivity index (χ1n) is 8.35. The van der Waals surface area contributed by atoms with Gasteiger partial charge in [-0.15, -0.1) is 0 Å². The van der Waals surface area contributed by atoms with Crippen molar-refractivity contribution in [3.8, 4) is 17.1 Å². The molecule has 2 aromatic carbocycles. The third-order valence-corrected chi connectivity index (χ3v) is 4.57. The summed E-state index contributed by atoms with van der Waals surface area (Å²) in [5.74, 6) is 1.84. The van der Waals surface area contributed by atoms with Crippen LogP contribution in [0.15, 0.2) is 53.1 Å². The first-order valence-corrected chi connectivity index (χ1v) is 9.10. The Kier molecular flexibility index (Phi) is 6.37.